The van der Waals surface area contributed by atoms with Gasteiger partial charge in [0.1, 0.15) is 0 Å². The Labute approximate surface area is 431 Å². The molecule has 0 saturated carbocycles. The van der Waals surface area contributed by atoms with Crippen molar-refractivity contribution in [3.63, 3.8) is 0 Å². The molecule has 6 heteroatoms. The summed E-state index contributed by atoms with van der Waals surface area (Å²) in [5.74, 6) is 1.76. The standard InChI is InChI=1S/C68H43N5S/c1-41-56(64-52-23-11-9-16-43(52)31-34-63(64)74)38-50(40-61(41)73-62-39-47-20-8-7-19-46(47)36-58(62)55-32-29-44-17-10-12-24-53(44)65(55)73)68-70-66(48-28-27-42-15-5-6-18-45(42)35-48)69-67(71-68)49-30-33-60-57(37-49)54-25-13-14-26-59(54)72(60)51-21-3-2-4-22-51/h2-40,74H,1H3. The smallest absolute Gasteiger partial charge is 0.164 e. The number of rotatable bonds is 6. The zero-order valence-electron chi connectivity index (χ0n) is 40.2. The highest BCUT2D eigenvalue weighted by Crippen LogP contribution is 2.45. The Bertz CT molecular complexity index is 4820. The van der Waals surface area contributed by atoms with Crippen molar-refractivity contribution in [2.75, 3.05) is 0 Å². The van der Waals surface area contributed by atoms with Crippen molar-refractivity contribution >= 4 is 99.3 Å². The van der Waals surface area contributed by atoms with Gasteiger partial charge in [0.15, 0.2) is 17.5 Å². The van der Waals surface area contributed by atoms with Gasteiger partial charge in [-0.25, -0.2) is 15.0 Å². The van der Waals surface area contributed by atoms with Crippen LogP contribution in [-0.2, 0) is 0 Å². The molecule has 0 aliphatic carbocycles. The van der Waals surface area contributed by atoms with Crippen molar-refractivity contribution in [2.24, 2.45) is 0 Å². The molecule has 0 bridgehead atoms. The lowest BCUT2D eigenvalue weighted by molar-refractivity contribution is 1.07. The first-order chi connectivity index (χ1) is 36.5. The Morgan fingerprint density at radius 2 is 0.878 bits per heavy atom. The monoisotopic (exact) mass is 961 g/mol. The molecule has 74 heavy (non-hydrogen) atoms. The van der Waals surface area contributed by atoms with Crippen LogP contribution < -0.4 is 0 Å². The van der Waals surface area contributed by atoms with Crippen molar-refractivity contribution in [3.05, 3.63) is 242 Å². The maximum atomic E-state index is 5.54. The van der Waals surface area contributed by atoms with Gasteiger partial charge in [-0.2, -0.15) is 0 Å². The van der Waals surface area contributed by atoms with Gasteiger partial charge in [0, 0.05) is 59.8 Å². The van der Waals surface area contributed by atoms with Crippen molar-refractivity contribution in [2.45, 2.75) is 11.8 Å². The number of benzene rings is 12. The van der Waals surface area contributed by atoms with Gasteiger partial charge in [0.25, 0.3) is 0 Å². The minimum absolute atomic E-state index is 0.574. The van der Waals surface area contributed by atoms with Crippen LogP contribution in [0.25, 0.3) is 143 Å². The molecule has 0 N–H and O–H groups in total. The number of aromatic nitrogens is 5. The van der Waals surface area contributed by atoms with Crippen LogP contribution in [0, 0.1) is 6.92 Å². The second-order valence-electron chi connectivity index (χ2n) is 19.4. The van der Waals surface area contributed by atoms with Crippen LogP contribution in [0.2, 0.25) is 0 Å². The summed E-state index contributed by atoms with van der Waals surface area (Å²) in [6.07, 6.45) is 0. The Morgan fingerprint density at radius 1 is 0.338 bits per heavy atom. The minimum Gasteiger partial charge on any atom is -0.309 e. The highest BCUT2D eigenvalue weighted by Gasteiger charge is 2.24. The molecule has 3 heterocycles. The summed E-state index contributed by atoms with van der Waals surface area (Å²) in [6, 6.07) is 84.9. The zero-order chi connectivity index (χ0) is 49.0. The number of nitrogens with zero attached hydrogens (tertiary/aromatic N) is 5. The molecule has 0 saturated heterocycles. The van der Waals surface area contributed by atoms with E-state index in [-0.39, 0.29) is 0 Å². The lowest BCUT2D eigenvalue weighted by Crippen LogP contribution is -2.04. The summed E-state index contributed by atoms with van der Waals surface area (Å²) in [7, 11) is 0. The average molecular weight is 962 g/mol. The SMILES string of the molecule is Cc1c(-c2c(S)ccc3ccccc23)cc(-c2nc(-c3ccc4ccccc4c3)nc(-c3ccc4c(c3)c3ccccc3n4-c3ccccc3)n2)cc1-n1c2cc3ccccc3cc2c2ccc3ccccc3c21. The van der Waals surface area contributed by atoms with Gasteiger partial charge in [-0.1, -0.05) is 164 Å². The fraction of sp³-hybridized carbons (Fsp3) is 0.0147. The largest absolute Gasteiger partial charge is 0.309 e. The van der Waals surface area contributed by atoms with Gasteiger partial charge in [0.2, 0.25) is 0 Å². The third-order valence-electron chi connectivity index (χ3n) is 15.2. The van der Waals surface area contributed by atoms with E-state index in [0.29, 0.717) is 17.5 Å². The van der Waals surface area contributed by atoms with Gasteiger partial charge < -0.3 is 9.13 Å². The van der Waals surface area contributed by atoms with E-state index in [1.54, 1.807) is 0 Å². The zero-order valence-corrected chi connectivity index (χ0v) is 41.1. The van der Waals surface area contributed by atoms with Crippen LogP contribution in [0.4, 0.5) is 0 Å². The van der Waals surface area contributed by atoms with Crippen LogP contribution >= 0.6 is 12.6 Å². The number of para-hydroxylation sites is 2. The van der Waals surface area contributed by atoms with Crippen molar-refractivity contribution in [1.29, 1.82) is 0 Å². The van der Waals surface area contributed by atoms with E-state index in [2.05, 4.69) is 253 Å². The molecule has 15 rings (SSSR count). The van der Waals surface area contributed by atoms with E-state index < -0.39 is 0 Å². The Balaban J connectivity index is 1.05. The molecule has 0 fully saturated rings. The van der Waals surface area contributed by atoms with E-state index in [9.17, 15) is 0 Å². The first-order valence-corrected chi connectivity index (χ1v) is 25.5. The molecular weight excluding hydrogens is 919 g/mol. The maximum Gasteiger partial charge on any atom is 0.164 e. The summed E-state index contributed by atoms with van der Waals surface area (Å²) in [6.45, 7) is 2.26. The second kappa shape index (κ2) is 16.6. The predicted molar refractivity (Wildman–Crippen MR) is 312 cm³/mol. The molecule has 0 aliphatic rings. The van der Waals surface area contributed by atoms with Gasteiger partial charge >= 0.3 is 0 Å². The number of thiol groups is 1. The Kier molecular flexibility index (Phi) is 9.50. The van der Waals surface area contributed by atoms with Crippen LogP contribution in [0.3, 0.4) is 0 Å². The molecule has 15 aromatic rings. The van der Waals surface area contributed by atoms with Crippen LogP contribution in [-0.4, -0.2) is 24.1 Å². The summed E-state index contributed by atoms with van der Waals surface area (Å²) < 4.78 is 4.83. The topological polar surface area (TPSA) is 48.5 Å². The van der Waals surface area contributed by atoms with Crippen LogP contribution in [0.1, 0.15) is 5.56 Å². The summed E-state index contributed by atoms with van der Waals surface area (Å²) in [4.78, 5) is 17.3. The Hall–Kier alpha value is -9.36. The summed E-state index contributed by atoms with van der Waals surface area (Å²) >= 11 is 5.26. The molecule has 346 valence electrons. The third kappa shape index (κ3) is 6.62. The van der Waals surface area contributed by atoms with E-state index in [1.807, 2.05) is 0 Å². The maximum absolute atomic E-state index is 5.54. The molecule has 3 aromatic heterocycles. The van der Waals surface area contributed by atoms with Gasteiger partial charge in [0.05, 0.1) is 27.8 Å². The molecular formula is C68H43N5S. The average Bonchev–Trinajstić information content (AvgIpc) is 3.97. The van der Waals surface area contributed by atoms with E-state index in [4.69, 9.17) is 27.6 Å². The molecule has 0 aliphatic heterocycles. The van der Waals surface area contributed by atoms with Gasteiger partial charge in [-0.3, -0.25) is 0 Å². The number of hydrogen-bond acceptors (Lipinski definition) is 4. The van der Waals surface area contributed by atoms with Crippen molar-refractivity contribution < 1.29 is 0 Å². The molecule has 0 unspecified atom stereocenters. The second-order valence-corrected chi connectivity index (χ2v) is 19.9. The van der Waals surface area contributed by atoms with Gasteiger partial charge in [-0.15, -0.1) is 12.6 Å². The van der Waals surface area contributed by atoms with E-state index in [1.165, 1.54) is 32.3 Å². The van der Waals surface area contributed by atoms with Crippen LogP contribution in [0.5, 0.6) is 0 Å². The minimum atomic E-state index is 0.574. The lowest BCUT2D eigenvalue weighted by atomic mass is 9.92. The lowest BCUT2D eigenvalue weighted by Gasteiger charge is -2.20. The highest BCUT2D eigenvalue weighted by atomic mass is 32.1. The molecule has 0 radical (unpaired) electrons. The Morgan fingerprint density at radius 3 is 1.65 bits per heavy atom. The van der Waals surface area contributed by atoms with E-state index >= 15 is 0 Å². The fourth-order valence-corrected chi connectivity index (χ4v) is 12.0. The molecule has 0 spiro atoms. The first-order valence-electron chi connectivity index (χ1n) is 25.1. The van der Waals surface area contributed by atoms with Crippen molar-refractivity contribution in [3.8, 4) is 56.7 Å². The van der Waals surface area contributed by atoms with Gasteiger partial charge in [-0.05, 0) is 129 Å². The quantitative estimate of drug-likeness (QED) is 0.169. The first kappa shape index (κ1) is 42.3. The van der Waals surface area contributed by atoms with E-state index in [0.717, 1.165) is 104 Å². The summed E-state index contributed by atoms with van der Waals surface area (Å²) in [5.41, 5.74) is 12.6. The molecule has 5 nitrogen and oxygen atoms in total. The molecule has 0 atom stereocenters. The number of hydrogen-bond donors (Lipinski definition) is 1. The fourth-order valence-electron chi connectivity index (χ4n) is 11.6. The van der Waals surface area contributed by atoms with Crippen molar-refractivity contribution in [1.82, 2.24) is 24.1 Å². The highest BCUT2D eigenvalue weighted by molar-refractivity contribution is 7.80. The number of fused-ring (bicyclic) bond motifs is 11. The third-order valence-corrected chi connectivity index (χ3v) is 15.5. The summed E-state index contributed by atoms with van der Waals surface area (Å²) in [5, 5.41) is 14.0. The molecule has 0 amide bonds. The molecule has 12 aromatic carbocycles. The predicted octanol–water partition coefficient (Wildman–Crippen LogP) is 17.9. The van der Waals surface area contributed by atoms with Crippen LogP contribution in [0.15, 0.2) is 241 Å². The normalized spacial score (nSPS) is 11.9.